The van der Waals surface area contributed by atoms with Crippen molar-refractivity contribution in [2.75, 3.05) is 13.2 Å². The Labute approximate surface area is 79.0 Å². The van der Waals surface area contributed by atoms with Gasteiger partial charge in [0.05, 0.1) is 11.9 Å². The predicted octanol–water partition coefficient (Wildman–Crippen LogP) is -0.255. The molecule has 0 radical (unpaired) electrons. The maximum Gasteiger partial charge on any atom is 0.367 e. The number of nitrogens with zero attached hydrogens (tertiary/aromatic N) is 3. The van der Waals surface area contributed by atoms with Crippen LogP contribution >= 0.6 is 0 Å². The lowest BCUT2D eigenvalue weighted by Gasteiger charge is -2.11. The number of alkyl halides is 2. The molecule has 0 fully saturated rings. The van der Waals surface area contributed by atoms with Gasteiger partial charge in [0.2, 0.25) is 0 Å². The van der Waals surface area contributed by atoms with Crippen molar-refractivity contribution in [3.05, 3.63) is 11.9 Å². The molecule has 0 amide bonds. The topological polar surface area (TPSA) is 71.2 Å². The first-order valence-electron chi connectivity index (χ1n) is 4.11. The molecule has 5 nitrogen and oxygen atoms in total. The normalized spacial score (nSPS) is 12.0. The van der Waals surface area contributed by atoms with Crippen molar-refractivity contribution in [1.82, 2.24) is 15.0 Å². The van der Waals surface area contributed by atoms with Gasteiger partial charge >= 0.3 is 6.05 Å². The molecule has 0 aromatic carbocycles. The zero-order valence-electron chi connectivity index (χ0n) is 7.40. The van der Waals surface area contributed by atoms with Gasteiger partial charge in [-0.05, 0) is 12.8 Å². The first kappa shape index (κ1) is 11.0. The summed E-state index contributed by atoms with van der Waals surface area (Å²) in [6.45, 7) is -1.33. The van der Waals surface area contributed by atoms with Gasteiger partial charge in [-0.1, -0.05) is 5.21 Å². The van der Waals surface area contributed by atoms with Crippen LogP contribution in [0.15, 0.2) is 6.20 Å². The molecule has 0 atom stereocenters. The molecule has 1 rings (SSSR count). The molecule has 1 heterocycles. The summed E-state index contributed by atoms with van der Waals surface area (Å²) in [6, 6.07) is -3.41. The van der Waals surface area contributed by atoms with Gasteiger partial charge in [0.25, 0.3) is 0 Å². The molecular weight excluding hydrogens is 196 g/mol. The molecule has 0 unspecified atom stereocenters. The lowest BCUT2D eigenvalue weighted by molar-refractivity contribution is -0.131. The molecule has 0 bridgehead atoms. The number of aliphatic hydroxyl groups is 2. The molecule has 0 saturated carbocycles. The maximum atomic E-state index is 12.8. The fourth-order valence-corrected chi connectivity index (χ4v) is 0.905. The van der Waals surface area contributed by atoms with Gasteiger partial charge in [0.15, 0.2) is 0 Å². The van der Waals surface area contributed by atoms with Gasteiger partial charge in [-0.2, -0.15) is 13.5 Å². The fraction of sp³-hybridized carbons (Fsp3) is 0.714. The van der Waals surface area contributed by atoms with Gasteiger partial charge in [-0.3, -0.25) is 0 Å². The Morgan fingerprint density at radius 2 is 2.14 bits per heavy atom. The first-order chi connectivity index (χ1) is 6.60. The third-order valence-electron chi connectivity index (χ3n) is 1.66. The zero-order chi connectivity index (χ0) is 10.6. The Bertz CT molecular complexity index is 290. The minimum Gasteiger partial charge on any atom is -0.396 e. The van der Waals surface area contributed by atoms with E-state index in [0.717, 1.165) is 6.20 Å². The molecule has 0 aliphatic carbocycles. The molecule has 80 valence electrons. The van der Waals surface area contributed by atoms with Crippen LogP contribution in [0.4, 0.5) is 8.78 Å². The number of aromatic nitrogens is 3. The Kier molecular flexibility index (Phi) is 3.48. The second-order valence-corrected chi connectivity index (χ2v) is 2.81. The molecule has 0 aliphatic rings. The van der Waals surface area contributed by atoms with Gasteiger partial charge in [0.1, 0.15) is 6.61 Å². The maximum absolute atomic E-state index is 12.8. The van der Waals surface area contributed by atoms with Crippen LogP contribution in [-0.2, 0) is 12.5 Å². The summed E-state index contributed by atoms with van der Waals surface area (Å²) >= 11 is 0. The minimum absolute atomic E-state index is 0.0246. The highest BCUT2D eigenvalue weighted by molar-refractivity contribution is 4.93. The summed E-state index contributed by atoms with van der Waals surface area (Å²) in [5.74, 6) is 0. The molecule has 0 saturated heterocycles. The number of hydrogen-bond acceptors (Lipinski definition) is 4. The van der Waals surface area contributed by atoms with Crippen molar-refractivity contribution in [1.29, 1.82) is 0 Å². The smallest absolute Gasteiger partial charge is 0.367 e. The zero-order valence-corrected chi connectivity index (χ0v) is 7.40. The highest BCUT2D eigenvalue weighted by Gasteiger charge is 2.31. The van der Waals surface area contributed by atoms with E-state index in [9.17, 15) is 8.78 Å². The van der Waals surface area contributed by atoms with Gasteiger partial charge in [-0.25, -0.2) is 0 Å². The van der Waals surface area contributed by atoms with Crippen molar-refractivity contribution < 1.29 is 19.0 Å². The molecular formula is C7H11F2N3O2. The second kappa shape index (κ2) is 4.43. The molecule has 0 spiro atoms. The van der Waals surface area contributed by atoms with Crippen molar-refractivity contribution in [3.63, 3.8) is 0 Å². The highest BCUT2D eigenvalue weighted by atomic mass is 19.3. The highest BCUT2D eigenvalue weighted by Crippen LogP contribution is 2.18. The van der Waals surface area contributed by atoms with E-state index >= 15 is 0 Å². The molecule has 1 aromatic heterocycles. The summed E-state index contributed by atoms with van der Waals surface area (Å²) in [5, 5.41) is 23.5. The summed E-state index contributed by atoms with van der Waals surface area (Å²) in [6.07, 6.45) is 1.90. The van der Waals surface area contributed by atoms with Crippen LogP contribution in [0.3, 0.4) is 0 Å². The molecule has 1 aromatic rings. The van der Waals surface area contributed by atoms with Crippen molar-refractivity contribution in [2.45, 2.75) is 18.9 Å². The van der Waals surface area contributed by atoms with Gasteiger partial charge in [-0.15, -0.1) is 5.10 Å². The average Bonchev–Trinajstić information content (AvgIpc) is 2.63. The summed E-state index contributed by atoms with van der Waals surface area (Å²) in [4.78, 5) is 0. The number of aliphatic hydroxyl groups excluding tert-OH is 2. The van der Waals surface area contributed by atoms with E-state index < -0.39 is 12.7 Å². The molecule has 2 N–H and O–H groups in total. The number of aryl methyl sites for hydroxylation is 1. The van der Waals surface area contributed by atoms with E-state index in [1.165, 1.54) is 0 Å². The van der Waals surface area contributed by atoms with Crippen LogP contribution < -0.4 is 0 Å². The largest absolute Gasteiger partial charge is 0.396 e. The quantitative estimate of drug-likeness (QED) is 0.698. The van der Waals surface area contributed by atoms with E-state index in [1.54, 1.807) is 0 Å². The van der Waals surface area contributed by atoms with Crippen LogP contribution in [0.25, 0.3) is 0 Å². The number of hydrogen-bond donors (Lipinski definition) is 2. The van der Waals surface area contributed by atoms with Gasteiger partial charge in [0, 0.05) is 6.61 Å². The van der Waals surface area contributed by atoms with E-state index in [4.69, 9.17) is 10.2 Å². The third kappa shape index (κ3) is 2.46. The first-order valence-corrected chi connectivity index (χ1v) is 4.11. The molecule has 14 heavy (non-hydrogen) atoms. The van der Waals surface area contributed by atoms with Crippen molar-refractivity contribution in [3.8, 4) is 0 Å². The van der Waals surface area contributed by atoms with Crippen LogP contribution in [0.5, 0.6) is 0 Å². The van der Waals surface area contributed by atoms with E-state index in [1.807, 2.05) is 0 Å². The third-order valence-corrected chi connectivity index (χ3v) is 1.66. The van der Waals surface area contributed by atoms with E-state index in [2.05, 4.69) is 10.3 Å². The van der Waals surface area contributed by atoms with Crippen LogP contribution in [-0.4, -0.2) is 38.4 Å². The lowest BCUT2D eigenvalue weighted by atomic mass is 10.3. The Hall–Kier alpha value is -1.08. The lowest BCUT2D eigenvalue weighted by Crippen LogP contribution is -2.27. The van der Waals surface area contributed by atoms with Crippen LogP contribution in [0, 0.1) is 0 Å². The van der Waals surface area contributed by atoms with E-state index in [0.29, 0.717) is 23.2 Å². The Morgan fingerprint density at radius 1 is 1.43 bits per heavy atom. The number of halogens is 2. The summed E-state index contributed by atoms with van der Waals surface area (Å²) in [5.41, 5.74) is 0.368. The monoisotopic (exact) mass is 207 g/mol. The predicted molar refractivity (Wildman–Crippen MR) is 42.7 cm³/mol. The summed E-state index contributed by atoms with van der Waals surface area (Å²) < 4.78 is 25.9. The fourth-order valence-electron chi connectivity index (χ4n) is 0.905. The van der Waals surface area contributed by atoms with Crippen LogP contribution in [0.1, 0.15) is 12.1 Å². The van der Waals surface area contributed by atoms with Crippen molar-refractivity contribution in [2.24, 2.45) is 0 Å². The summed E-state index contributed by atoms with van der Waals surface area (Å²) in [7, 11) is 0. The Balaban J connectivity index is 2.67. The minimum atomic E-state index is -3.41. The number of rotatable bonds is 5. The van der Waals surface area contributed by atoms with Crippen molar-refractivity contribution >= 4 is 0 Å². The van der Waals surface area contributed by atoms with Gasteiger partial charge < -0.3 is 10.2 Å². The molecule has 0 aliphatic heterocycles. The average molecular weight is 207 g/mol. The molecule has 7 heteroatoms. The SMILES string of the molecule is OCCCc1cn(C(F)(F)CO)nn1. The van der Waals surface area contributed by atoms with Crippen LogP contribution in [0.2, 0.25) is 0 Å². The standard InChI is InChI=1S/C7H11F2N3O2/c8-7(9,5-14)12-4-6(10-11-12)2-1-3-13/h4,13-14H,1-3,5H2. The van der Waals surface area contributed by atoms with E-state index in [-0.39, 0.29) is 6.61 Å². The second-order valence-electron chi connectivity index (χ2n) is 2.81. The Morgan fingerprint density at radius 3 is 2.71 bits per heavy atom.